The van der Waals surface area contributed by atoms with Crippen LogP contribution >= 0.6 is 0 Å². The molecule has 1 saturated heterocycles. The van der Waals surface area contributed by atoms with E-state index >= 15 is 0 Å². The summed E-state index contributed by atoms with van der Waals surface area (Å²) in [5.41, 5.74) is 2.84. The molecule has 4 aromatic rings. The SMILES string of the molecule is Fc1cccc(-n2cnnc2C2CNc3ncc(-c4ccc(N5CCOCC5)nc4)cc32)c1F. The molecule has 8 nitrogen and oxygen atoms in total. The molecule has 0 radical (unpaired) electrons. The first kappa shape index (κ1) is 20.7. The number of hydrogen-bond donors (Lipinski definition) is 1. The van der Waals surface area contributed by atoms with Crippen LogP contribution in [0.15, 0.2) is 55.1 Å². The molecule has 6 rings (SSSR count). The quantitative estimate of drug-likeness (QED) is 0.499. The molecule has 1 atom stereocenters. The molecule has 34 heavy (non-hydrogen) atoms. The van der Waals surface area contributed by atoms with Crippen LogP contribution in [0.25, 0.3) is 16.8 Å². The monoisotopic (exact) mass is 461 g/mol. The first-order chi connectivity index (χ1) is 16.7. The first-order valence-electron chi connectivity index (χ1n) is 11.1. The molecule has 1 aromatic carbocycles. The number of anilines is 2. The molecule has 3 aromatic heterocycles. The van der Waals surface area contributed by atoms with Crippen molar-refractivity contribution in [2.45, 2.75) is 5.92 Å². The van der Waals surface area contributed by atoms with Crippen molar-refractivity contribution < 1.29 is 13.5 Å². The van der Waals surface area contributed by atoms with Gasteiger partial charge in [0.25, 0.3) is 0 Å². The van der Waals surface area contributed by atoms with E-state index in [1.165, 1.54) is 23.0 Å². The number of benzene rings is 1. The zero-order chi connectivity index (χ0) is 23.1. The minimum absolute atomic E-state index is 0.0699. The first-order valence-corrected chi connectivity index (χ1v) is 11.1. The average Bonchev–Trinajstić information content (AvgIpc) is 3.53. The maximum atomic E-state index is 14.5. The van der Waals surface area contributed by atoms with E-state index in [0.717, 1.165) is 47.5 Å². The molecule has 1 N–H and O–H groups in total. The zero-order valence-electron chi connectivity index (χ0n) is 18.2. The second-order valence-electron chi connectivity index (χ2n) is 8.23. The Morgan fingerprint density at radius 1 is 1.00 bits per heavy atom. The number of hydrogen-bond acceptors (Lipinski definition) is 7. The fraction of sp³-hybridized carbons (Fsp3) is 0.250. The summed E-state index contributed by atoms with van der Waals surface area (Å²) in [6.45, 7) is 3.59. The van der Waals surface area contributed by atoms with E-state index in [9.17, 15) is 8.78 Å². The Hall–Kier alpha value is -3.92. The van der Waals surface area contributed by atoms with E-state index in [1.54, 1.807) is 6.20 Å². The van der Waals surface area contributed by atoms with Crippen molar-refractivity contribution >= 4 is 11.6 Å². The number of halogens is 2. The van der Waals surface area contributed by atoms with Gasteiger partial charge in [-0.15, -0.1) is 10.2 Å². The fourth-order valence-corrected chi connectivity index (χ4v) is 4.47. The van der Waals surface area contributed by atoms with Crippen LogP contribution in [0, 0.1) is 11.6 Å². The second-order valence-corrected chi connectivity index (χ2v) is 8.23. The van der Waals surface area contributed by atoms with Gasteiger partial charge in [0, 0.05) is 48.7 Å². The van der Waals surface area contributed by atoms with Gasteiger partial charge in [-0.05, 0) is 30.3 Å². The number of pyridine rings is 2. The Bertz CT molecular complexity index is 1340. The molecule has 1 unspecified atom stereocenters. The van der Waals surface area contributed by atoms with Gasteiger partial charge in [-0.25, -0.2) is 18.7 Å². The molecule has 10 heteroatoms. The summed E-state index contributed by atoms with van der Waals surface area (Å²) < 4.78 is 35.2. The summed E-state index contributed by atoms with van der Waals surface area (Å²) in [6.07, 6.45) is 5.05. The van der Waals surface area contributed by atoms with Gasteiger partial charge in [0.2, 0.25) is 0 Å². The number of aromatic nitrogens is 5. The summed E-state index contributed by atoms with van der Waals surface area (Å²) in [7, 11) is 0. The predicted molar refractivity (Wildman–Crippen MR) is 122 cm³/mol. The van der Waals surface area contributed by atoms with E-state index in [0.29, 0.717) is 25.6 Å². The Labute approximate surface area is 194 Å². The predicted octanol–water partition coefficient (Wildman–Crippen LogP) is 3.40. The largest absolute Gasteiger partial charge is 0.378 e. The highest BCUT2D eigenvalue weighted by Crippen LogP contribution is 2.37. The molecule has 0 spiro atoms. The molecule has 0 amide bonds. The zero-order valence-corrected chi connectivity index (χ0v) is 18.2. The summed E-state index contributed by atoms with van der Waals surface area (Å²) in [5.74, 6) is 0.0858. The van der Waals surface area contributed by atoms with Crippen LogP contribution in [-0.4, -0.2) is 57.6 Å². The lowest BCUT2D eigenvalue weighted by atomic mass is 9.98. The van der Waals surface area contributed by atoms with Crippen LogP contribution in [0.1, 0.15) is 17.3 Å². The van der Waals surface area contributed by atoms with Crippen LogP contribution in [0.2, 0.25) is 0 Å². The highest BCUT2D eigenvalue weighted by atomic mass is 19.2. The van der Waals surface area contributed by atoms with Crippen LogP contribution in [0.3, 0.4) is 0 Å². The molecule has 0 saturated carbocycles. The molecule has 2 aliphatic heterocycles. The summed E-state index contributed by atoms with van der Waals surface area (Å²) in [6, 6.07) is 10.1. The number of fused-ring (bicyclic) bond motifs is 1. The Balaban J connectivity index is 1.32. The highest BCUT2D eigenvalue weighted by Gasteiger charge is 2.30. The Kier molecular flexibility index (Phi) is 5.14. The van der Waals surface area contributed by atoms with Crippen LogP contribution in [0.5, 0.6) is 0 Å². The summed E-state index contributed by atoms with van der Waals surface area (Å²) >= 11 is 0. The molecule has 5 heterocycles. The molecule has 0 aliphatic carbocycles. The van der Waals surface area contributed by atoms with E-state index in [1.807, 2.05) is 24.4 Å². The van der Waals surface area contributed by atoms with Gasteiger partial charge in [0.05, 0.1) is 24.8 Å². The minimum atomic E-state index is -0.937. The van der Waals surface area contributed by atoms with Gasteiger partial charge in [-0.1, -0.05) is 6.07 Å². The summed E-state index contributed by atoms with van der Waals surface area (Å²) in [5, 5.41) is 11.5. The van der Waals surface area contributed by atoms with Crippen molar-refractivity contribution in [2.24, 2.45) is 0 Å². The standard InChI is InChI=1S/C24H21F2N7O/c25-19-2-1-3-20(22(19)26)33-14-30-31-24(33)18-13-29-23-17(18)10-16(12-28-23)15-4-5-21(27-11-15)32-6-8-34-9-7-32/h1-5,10-12,14,18H,6-9,13H2,(H,28,29). The lowest BCUT2D eigenvalue weighted by Gasteiger charge is -2.27. The third kappa shape index (κ3) is 3.56. The van der Waals surface area contributed by atoms with E-state index < -0.39 is 11.6 Å². The van der Waals surface area contributed by atoms with Crippen molar-refractivity contribution in [1.82, 2.24) is 24.7 Å². The second kappa shape index (κ2) is 8.45. The van der Waals surface area contributed by atoms with Gasteiger partial charge in [-0.3, -0.25) is 4.57 Å². The van der Waals surface area contributed by atoms with Crippen molar-refractivity contribution in [3.05, 3.63) is 78.1 Å². The topological polar surface area (TPSA) is 81.0 Å². The van der Waals surface area contributed by atoms with E-state index in [4.69, 9.17) is 4.74 Å². The Morgan fingerprint density at radius 3 is 2.68 bits per heavy atom. The maximum absolute atomic E-state index is 14.5. The lowest BCUT2D eigenvalue weighted by molar-refractivity contribution is 0.122. The van der Waals surface area contributed by atoms with Crippen molar-refractivity contribution in [1.29, 1.82) is 0 Å². The van der Waals surface area contributed by atoms with Gasteiger partial charge in [0.1, 0.15) is 23.8 Å². The molecule has 172 valence electrons. The third-order valence-corrected chi connectivity index (χ3v) is 6.26. The minimum Gasteiger partial charge on any atom is -0.378 e. The van der Waals surface area contributed by atoms with Crippen LogP contribution in [-0.2, 0) is 4.74 Å². The molecule has 2 aliphatic rings. The Morgan fingerprint density at radius 2 is 1.85 bits per heavy atom. The van der Waals surface area contributed by atoms with Crippen LogP contribution in [0.4, 0.5) is 20.4 Å². The lowest BCUT2D eigenvalue weighted by Crippen LogP contribution is -2.36. The van der Waals surface area contributed by atoms with E-state index in [-0.39, 0.29) is 11.6 Å². The normalized spacial score (nSPS) is 17.5. The van der Waals surface area contributed by atoms with Crippen molar-refractivity contribution in [3.63, 3.8) is 0 Å². The van der Waals surface area contributed by atoms with Gasteiger partial charge >= 0.3 is 0 Å². The van der Waals surface area contributed by atoms with Gasteiger partial charge < -0.3 is 15.0 Å². The molecular formula is C24H21F2N7O. The fourth-order valence-electron chi connectivity index (χ4n) is 4.47. The maximum Gasteiger partial charge on any atom is 0.182 e. The molecule has 0 bridgehead atoms. The number of rotatable bonds is 4. The van der Waals surface area contributed by atoms with Crippen molar-refractivity contribution in [2.75, 3.05) is 43.1 Å². The summed E-state index contributed by atoms with van der Waals surface area (Å²) in [4.78, 5) is 11.4. The molecular weight excluding hydrogens is 440 g/mol. The number of nitrogens with zero attached hydrogens (tertiary/aromatic N) is 6. The van der Waals surface area contributed by atoms with Crippen molar-refractivity contribution in [3.8, 4) is 16.8 Å². The number of nitrogens with one attached hydrogen (secondary N) is 1. The average molecular weight is 461 g/mol. The van der Waals surface area contributed by atoms with Crippen LogP contribution < -0.4 is 10.2 Å². The molecule has 1 fully saturated rings. The number of ether oxygens (including phenoxy) is 1. The van der Waals surface area contributed by atoms with Gasteiger partial charge in [-0.2, -0.15) is 0 Å². The third-order valence-electron chi connectivity index (χ3n) is 6.26. The van der Waals surface area contributed by atoms with E-state index in [2.05, 4.69) is 30.4 Å². The van der Waals surface area contributed by atoms with Gasteiger partial charge in [0.15, 0.2) is 11.6 Å². The highest BCUT2D eigenvalue weighted by molar-refractivity contribution is 5.68. The number of morpholine rings is 1. The smallest absolute Gasteiger partial charge is 0.182 e.